The summed E-state index contributed by atoms with van der Waals surface area (Å²) in [6.45, 7) is 5.31. The number of carbonyl (C=O) groups excluding carboxylic acids is 2. The number of benzene rings is 1. The van der Waals surface area contributed by atoms with Gasteiger partial charge in [-0.05, 0) is 37.8 Å². The second kappa shape index (κ2) is 8.14. The van der Waals surface area contributed by atoms with Crippen LogP contribution in [0.4, 0.5) is 18.9 Å². The second-order valence-corrected chi connectivity index (χ2v) is 6.29. The predicted octanol–water partition coefficient (Wildman–Crippen LogP) is 2.35. The second-order valence-electron chi connectivity index (χ2n) is 6.29. The molecule has 0 radical (unpaired) electrons. The molecule has 1 rings (SSSR count). The van der Waals surface area contributed by atoms with E-state index in [4.69, 9.17) is 0 Å². The average molecular weight is 346 g/mol. The Morgan fingerprint density at radius 2 is 1.79 bits per heavy atom. The third-order valence-electron chi connectivity index (χ3n) is 3.38. The van der Waals surface area contributed by atoms with Crippen molar-refractivity contribution in [2.45, 2.75) is 39.2 Å². The molecule has 0 spiro atoms. The summed E-state index contributed by atoms with van der Waals surface area (Å²) in [7, 11) is 0. The number of anilines is 1. The van der Waals surface area contributed by atoms with Crippen molar-refractivity contribution in [3.63, 3.8) is 0 Å². The maximum absolute atomic E-state index is 13.4. The number of carbonyl (C=O) groups is 2. The van der Waals surface area contributed by atoms with Crippen LogP contribution in [0.25, 0.3) is 0 Å². The normalized spacial score (nSPS) is 13.5. The lowest BCUT2D eigenvalue weighted by Crippen LogP contribution is -2.44. The van der Waals surface area contributed by atoms with Crippen LogP contribution in [0.5, 0.6) is 0 Å². The smallest absolute Gasteiger partial charge is 0.313 e. The maximum Gasteiger partial charge on any atom is 0.313 e. The first kappa shape index (κ1) is 20.0. The predicted molar refractivity (Wildman–Crippen MR) is 82.7 cm³/mol. The minimum Gasteiger partial charge on any atom is -0.388 e. The monoisotopic (exact) mass is 346 g/mol. The van der Waals surface area contributed by atoms with Gasteiger partial charge in [0.2, 0.25) is 0 Å². The quantitative estimate of drug-likeness (QED) is 0.546. The van der Waals surface area contributed by atoms with Gasteiger partial charge in [0.1, 0.15) is 0 Å². The largest absolute Gasteiger partial charge is 0.388 e. The van der Waals surface area contributed by atoms with Crippen molar-refractivity contribution in [2.75, 3.05) is 11.9 Å². The zero-order valence-electron chi connectivity index (χ0n) is 13.8. The van der Waals surface area contributed by atoms with Gasteiger partial charge >= 0.3 is 11.8 Å². The van der Waals surface area contributed by atoms with Crippen LogP contribution in [0.2, 0.25) is 0 Å². The molecule has 0 aliphatic carbocycles. The summed E-state index contributed by atoms with van der Waals surface area (Å²) in [5, 5.41) is 14.2. The summed E-state index contributed by atoms with van der Waals surface area (Å²) in [5.41, 5.74) is -1.85. The van der Waals surface area contributed by atoms with Crippen LogP contribution >= 0.6 is 0 Å². The highest BCUT2D eigenvalue weighted by Gasteiger charge is 2.24. The summed E-state index contributed by atoms with van der Waals surface area (Å²) in [5.74, 6) is -6.75. The molecule has 1 aromatic rings. The van der Waals surface area contributed by atoms with E-state index < -0.39 is 40.6 Å². The SMILES string of the molecule is CC(C)CC[C@@](C)(O)CNC(=O)C(=O)Nc1ccc(F)c(F)c1F. The highest BCUT2D eigenvalue weighted by molar-refractivity contribution is 6.39. The third kappa shape index (κ3) is 5.84. The van der Waals surface area contributed by atoms with E-state index in [9.17, 15) is 27.9 Å². The minimum atomic E-state index is -1.75. The number of rotatable bonds is 6. The molecule has 0 heterocycles. The Morgan fingerprint density at radius 3 is 2.38 bits per heavy atom. The molecule has 8 heteroatoms. The van der Waals surface area contributed by atoms with Crippen molar-refractivity contribution in [3.8, 4) is 0 Å². The van der Waals surface area contributed by atoms with Crippen molar-refractivity contribution in [3.05, 3.63) is 29.6 Å². The lowest BCUT2D eigenvalue weighted by atomic mass is 9.95. The van der Waals surface area contributed by atoms with Crippen LogP contribution < -0.4 is 10.6 Å². The minimum absolute atomic E-state index is 0.174. The molecule has 3 N–H and O–H groups in total. The van der Waals surface area contributed by atoms with E-state index in [1.54, 1.807) is 0 Å². The fourth-order valence-electron chi connectivity index (χ4n) is 1.84. The molecule has 1 aromatic carbocycles. The van der Waals surface area contributed by atoms with Gasteiger partial charge in [0.25, 0.3) is 0 Å². The lowest BCUT2D eigenvalue weighted by Gasteiger charge is -2.24. The molecule has 0 saturated heterocycles. The van der Waals surface area contributed by atoms with Gasteiger partial charge in [0, 0.05) is 6.54 Å². The summed E-state index contributed by atoms with van der Waals surface area (Å²) in [6, 6.07) is 1.43. The molecule has 0 aliphatic rings. The number of hydrogen-bond donors (Lipinski definition) is 3. The standard InChI is InChI=1S/C16H21F3N2O3/c1-9(2)6-7-16(3,24)8-20-14(22)15(23)21-11-5-4-10(17)12(18)13(11)19/h4-5,9,24H,6-8H2,1-3H3,(H,20,22)(H,21,23)/t16-/m1/s1. The van der Waals surface area contributed by atoms with Crippen LogP contribution in [-0.2, 0) is 9.59 Å². The molecular weight excluding hydrogens is 325 g/mol. The van der Waals surface area contributed by atoms with E-state index in [-0.39, 0.29) is 6.54 Å². The Morgan fingerprint density at radius 1 is 1.17 bits per heavy atom. The summed E-state index contributed by atoms with van der Waals surface area (Å²) >= 11 is 0. The summed E-state index contributed by atoms with van der Waals surface area (Å²) < 4.78 is 39.3. The van der Waals surface area contributed by atoms with Gasteiger partial charge in [0.05, 0.1) is 11.3 Å². The summed E-state index contributed by atoms with van der Waals surface area (Å²) in [6.07, 6.45) is 1.15. The Balaban J connectivity index is 2.60. The van der Waals surface area contributed by atoms with Crippen LogP contribution in [-0.4, -0.2) is 29.1 Å². The molecule has 0 aromatic heterocycles. The molecule has 0 bridgehead atoms. The molecule has 0 unspecified atom stereocenters. The maximum atomic E-state index is 13.4. The molecular formula is C16H21F3N2O3. The topological polar surface area (TPSA) is 78.4 Å². The van der Waals surface area contributed by atoms with Gasteiger partial charge in [0.15, 0.2) is 17.5 Å². The fourth-order valence-corrected chi connectivity index (χ4v) is 1.84. The Hall–Kier alpha value is -2.09. The van der Waals surface area contributed by atoms with Crippen molar-refractivity contribution in [1.29, 1.82) is 0 Å². The van der Waals surface area contributed by atoms with Crippen LogP contribution in [0.1, 0.15) is 33.6 Å². The van der Waals surface area contributed by atoms with Crippen LogP contribution in [0.3, 0.4) is 0 Å². The molecule has 5 nitrogen and oxygen atoms in total. The number of nitrogens with one attached hydrogen (secondary N) is 2. The molecule has 0 saturated carbocycles. The first-order chi connectivity index (χ1) is 11.0. The number of halogens is 3. The first-order valence-electron chi connectivity index (χ1n) is 7.48. The van der Waals surface area contributed by atoms with E-state index in [1.807, 2.05) is 19.2 Å². The summed E-state index contributed by atoms with van der Waals surface area (Å²) in [4.78, 5) is 23.3. The Kier molecular flexibility index (Phi) is 6.77. The van der Waals surface area contributed by atoms with E-state index in [0.717, 1.165) is 12.5 Å². The van der Waals surface area contributed by atoms with E-state index >= 15 is 0 Å². The molecule has 0 fully saturated rings. The zero-order valence-corrected chi connectivity index (χ0v) is 13.8. The Bertz CT molecular complexity index is 619. The van der Waals surface area contributed by atoms with Gasteiger partial charge in [-0.25, -0.2) is 13.2 Å². The van der Waals surface area contributed by atoms with Crippen molar-refractivity contribution >= 4 is 17.5 Å². The van der Waals surface area contributed by atoms with E-state index in [1.165, 1.54) is 6.92 Å². The van der Waals surface area contributed by atoms with Gasteiger partial charge in [-0.3, -0.25) is 9.59 Å². The molecule has 0 aliphatic heterocycles. The number of amides is 2. The van der Waals surface area contributed by atoms with Crippen LogP contribution in [0, 0.1) is 23.4 Å². The molecule has 2 amide bonds. The molecule has 1 atom stereocenters. The van der Waals surface area contributed by atoms with Crippen molar-refractivity contribution in [1.82, 2.24) is 5.32 Å². The van der Waals surface area contributed by atoms with Gasteiger partial charge < -0.3 is 15.7 Å². The number of aliphatic hydroxyl groups is 1. The van der Waals surface area contributed by atoms with E-state index in [0.29, 0.717) is 18.4 Å². The molecule has 24 heavy (non-hydrogen) atoms. The lowest BCUT2D eigenvalue weighted by molar-refractivity contribution is -0.136. The van der Waals surface area contributed by atoms with E-state index in [2.05, 4.69) is 5.32 Å². The highest BCUT2D eigenvalue weighted by Crippen LogP contribution is 2.19. The first-order valence-corrected chi connectivity index (χ1v) is 7.48. The number of hydrogen-bond acceptors (Lipinski definition) is 3. The zero-order chi connectivity index (χ0) is 18.5. The van der Waals surface area contributed by atoms with Gasteiger partial charge in [-0.2, -0.15) is 0 Å². The van der Waals surface area contributed by atoms with Crippen molar-refractivity contribution < 1.29 is 27.9 Å². The Labute approximate surface area is 138 Å². The van der Waals surface area contributed by atoms with Crippen LogP contribution in [0.15, 0.2) is 12.1 Å². The fraction of sp³-hybridized carbons (Fsp3) is 0.500. The van der Waals surface area contributed by atoms with Gasteiger partial charge in [-0.15, -0.1) is 0 Å². The molecule has 134 valence electrons. The highest BCUT2D eigenvalue weighted by atomic mass is 19.2. The third-order valence-corrected chi connectivity index (χ3v) is 3.38. The van der Waals surface area contributed by atoms with Crippen molar-refractivity contribution in [2.24, 2.45) is 5.92 Å². The average Bonchev–Trinajstić information content (AvgIpc) is 2.51. The van der Waals surface area contributed by atoms with Gasteiger partial charge in [-0.1, -0.05) is 13.8 Å².